The van der Waals surface area contributed by atoms with Gasteiger partial charge in [0.2, 0.25) is 15.9 Å². The van der Waals surface area contributed by atoms with Crippen LogP contribution in [0.1, 0.15) is 28.6 Å². The highest BCUT2D eigenvalue weighted by molar-refractivity contribution is 7.92. The molecular weight excluding hydrogens is 493 g/mol. The summed E-state index contributed by atoms with van der Waals surface area (Å²) >= 11 is 7.13. The number of amides is 2. The number of nitrogens with zero attached hydrogens (tertiary/aromatic N) is 2. The third-order valence-electron chi connectivity index (χ3n) is 5.07. The Morgan fingerprint density at radius 3 is 2.73 bits per heavy atom. The predicted octanol–water partition coefficient (Wildman–Crippen LogP) is 2.69. The first-order valence-corrected chi connectivity index (χ1v) is 12.7. The number of aliphatic hydroxyl groups is 1. The van der Waals surface area contributed by atoms with Gasteiger partial charge in [0.1, 0.15) is 11.9 Å². The Morgan fingerprint density at radius 1 is 1.39 bits per heavy atom. The zero-order valence-corrected chi connectivity index (χ0v) is 20.3. The van der Waals surface area contributed by atoms with Crippen molar-refractivity contribution in [3.63, 3.8) is 0 Å². The number of anilines is 1. The zero-order chi connectivity index (χ0) is 24.3. The van der Waals surface area contributed by atoms with Gasteiger partial charge in [-0.25, -0.2) is 12.8 Å². The molecule has 33 heavy (non-hydrogen) atoms. The summed E-state index contributed by atoms with van der Waals surface area (Å²) in [4.78, 5) is 28.2. The first-order chi connectivity index (χ1) is 15.5. The number of likely N-dealkylation sites (N-methyl/N-ethyl adjacent to an activating group) is 1. The van der Waals surface area contributed by atoms with Crippen molar-refractivity contribution in [1.82, 2.24) is 9.62 Å². The van der Waals surface area contributed by atoms with Crippen molar-refractivity contribution in [2.24, 2.45) is 0 Å². The van der Waals surface area contributed by atoms with Crippen LogP contribution in [0.2, 0.25) is 4.34 Å². The molecular formula is C21H23ClFN3O5S2. The van der Waals surface area contributed by atoms with Gasteiger partial charge in [0.05, 0.1) is 22.0 Å². The van der Waals surface area contributed by atoms with Gasteiger partial charge in [-0.3, -0.25) is 9.59 Å². The molecule has 0 radical (unpaired) electrons. The fourth-order valence-electron chi connectivity index (χ4n) is 3.41. The molecule has 12 heteroatoms. The Balaban J connectivity index is 1.72. The average molecular weight is 516 g/mol. The third-order valence-corrected chi connectivity index (χ3v) is 7.72. The van der Waals surface area contributed by atoms with Crippen LogP contribution in [0.3, 0.4) is 0 Å². The molecule has 2 aromatic rings. The zero-order valence-electron chi connectivity index (χ0n) is 17.9. The van der Waals surface area contributed by atoms with Crippen LogP contribution in [-0.4, -0.2) is 63.0 Å². The number of allylic oxidation sites excluding steroid dienone is 1. The highest BCUT2D eigenvalue weighted by atomic mass is 35.5. The lowest BCUT2D eigenvalue weighted by atomic mass is 10.1. The molecule has 1 fully saturated rings. The Kier molecular flexibility index (Phi) is 7.91. The topological polar surface area (TPSA) is 107 Å². The van der Waals surface area contributed by atoms with E-state index in [1.807, 2.05) is 0 Å². The van der Waals surface area contributed by atoms with Gasteiger partial charge in [-0.15, -0.1) is 11.3 Å². The van der Waals surface area contributed by atoms with Crippen molar-refractivity contribution in [3.05, 3.63) is 56.3 Å². The van der Waals surface area contributed by atoms with Crippen LogP contribution in [-0.2, 0) is 14.8 Å². The molecule has 1 aromatic heterocycles. The number of carbonyl (C=O) groups is 2. The maximum Gasteiger partial charge on any atom is 0.253 e. The van der Waals surface area contributed by atoms with Crippen LogP contribution < -0.4 is 9.62 Å². The van der Waals surface area contributed by atoms with Crippen LogP contribution in [0.15, 0.2) is 35.7 Å². The smallest absolute Gasteiger partial charge is 0.253 e. The molecule has 1 aliphatic rings. The number of hydrogen-bond acceptors (Lipinski definition) is 6. The lowest BCUT2D eigenvalue weighted by molar-refractivity contribution is -0.118. The van der Waals surface area contributed by atoms with Crippen LogP contribution >= 0.6 is 22.9 Å². The molecule has 0 bridgehead atoms. The molecule has 178 valence electrons. The summed E-state index contributed by atoms with van der Waals surface area (Å²) < 4.78 is 42.7. The third kappa shape index (κ3) is 5.98. The Morgan fingerprint density at radius 2 is 2.12 bits per heavy atom. The van der Waals surface area contributed by atoms with Gasteiger partial charge in [0.25, 0.3) is 5.91 Å². The van der Waals surface area contributed by atoms with Gasteiger partial charge in [-0.2, -0.15) is 4.72 Å². The quantitative estimate of drug-likeness (QED) is 0.562. The van der Waals surface area contributed by atoms with Gasteiger partial charge in [0, 0.05) is 30.6 Å². The standard InChI is InChI=1S/C21H23ClFN3O5S2/c1-13(18-5-6-19(22)32-18)12-33(30,31)24-16-7-8-26(21(16)29)17-4-3-14(11-15(17)23)20(28)25(2)9-10-27/h3-6,11-12,16,24,27H,7-10H2,1-2H3. The second-order valence-electron chi connectivity index (χ2n) is 7.52. The SMILES string of the molecule is CC(=CS(=O)(=O)NC1CCN(c2ccc(C(=O)N(C)CCO)cc2F)C1=O)c1ccc(Cl)s1. The highest BCUT2D eigenvalue weighted by Crippen LogP contribution is 2.29. The molecule has 2 N–H and O–H groups in total. The van der Waals surface area contributed by atoms with E-state index in [1.165, 1.54) is 35.4 Å². The fraction of sp³-hybridized carbons (Fsp3) is 0.333. The van der Waals surface area contributed by atoms with Crippen molar-refractivity contribution >= 4 is 56.0 Å². The predicted molar refractivity (Wildman–Crippen MR) is 126 cm³/mol. The minimum atomic E-state index is -3.95. The van der Waals surface area contributed by atoms with E-state index in [9.17, 15) is 22.4 Å². The van der Waals surface area contributed by atoms with Crippen molar-refractivity contribution in [2.45, 2.75) is 19.4 Å². The van der Waals surface area contributed by atoms with Crippen LogP contribution in [0.4, 0.5) is 10.1 Å². The van der Waals surface area contributed by atoms with Crippen molar-refractivity contribution in [3.8, 4) is 0 Å². The molecule has 2 heterocycles. The maximum atomic E-state index is 14.7. The number of thiophene rings is 1. The molecule has 0 saturated carbocycles. The van der Waals surface area contributed by atoms with Crippen molar-refractivity contribution in [2.75, 3.05) is 31.6 Å². The lowest BCUT2D eigenvalue weighted by Gasteiger charge is -2.20. The van der Waals surface area contributed by atoms with E-state index in [0.29, 0.717) is 14.8 Å². The summed E-state index contributed by atoms with van der Waals surface area (Å²) in [6.45, 7) is 1.62. The minimum Gasteiger partial charge on any atom is -0.395 e. The molecule has 8 nitrogen and oxygen atoms in total. The van der Waals surface area contributed by atoms with Crippen molar-refractivity contribution in [1.29, 1.82) is 0 Å². The number of rotatable bonds is 8. The first-order valence-electron chi connectivity index (χ1n) is 9.96. The molecule has 0 spiro atoms. The molecule has 1 aromatic carbocycles. The molecule has 1 saturated heterocycles. The van der Waals surface area contributed by atoms with E-state index < -0.39 is 33.7 Å². The molecule has 1 atom stereocenters. The van der Waals surface area contributed by atoms with E-state index in [4.69, 9.17) is 16.7 Å². The summed E-state index contributed by atoms with van der Waals surface area (Å²) in [5, 5.41) is 9.98. The van der Waals surface area contributed by atoms with Crippen LogP contribution in [0.5, 0.6) is 0 Å². The maximum absolute atomic E-state index is 14.7. The summed E-state index contributed by atoms with van der Waals surface area (Å²) in [7, 11) is -2.46. The van der Waals surface area contributed by atoms with E-state index in [-0.39, 0.29) is 37.4 Å². The molecule has 0 aliphatic carbocycles. The number of hydrogen-bond donors (Lipinski definition) is 2. The molecule has 1 unspecified atom stereocenters. The van der Waals surface area contributed by atoms with E-state index in [2.05, 4.69) is 4.72 Å². The normalized spacial score (nSPS) is 17.0. The molecule has 2 amide bonds. The van der Waals surface area contributed by atoms with Crippen LogP contribution in [0, 0.1) is 5.82 Å². The van der Waals surface area contributed by atoms with Gasteiger partial charge < -0.3 is 14.9 Å². The molecule has 1 aliphatic heterocycles. The largest absolute Gasteiger partial charge is 0.395 e. The number of halogens is 2. The fourth-order valence-corrected chi connectivity index (χ4v) is 5.77. The number of nitrogens with one attached hydrogen (secondary N) is 1. The Labute approximate surface area is 200 Å². The van der Waals surface area contributed by atoms with E-state index >= 15 is 0 Å². The van der Waals surface area contributed by atoms with E-state index in [1.54, 1.807) is 19.1 Å². The summed E-state index contributed by atoms with van der Waals surface area (Å²) in [5.41, 5.74) is 0.507. The van der Waals surface area contributed by atoms with Crippen LogP contribution in [0.25, 0.3) is 5.57 Å². The van der Waals surface area contributed by atoms with E-state index in [0.717, 1.165) is 16.4 Å². The number of benzene rings is 1. The van der Waals surface area contributed by atoms with Gasteiger partial charge >= 0.3 is 0 Å². The van der Waals surface area contributed by atoms with Gasteiger partial charge in [0.15, 0.2) is 0 Å². The highest BCUT2D eigenvalue weighted by Gasteiger charge is 2.36. The number of aliphatic hydroxyl groups excluding tert-OH is 1. The van der Waals surface area contributed by atoms with Gasteiger partial charge in [-0.05, 0) is 49.2 Å². The summed E-state index contributed by atoms with van der Waals surface area (Å²) in [6, 6.07) is 6.05. The second-order valence-corrected chi connectivity index (χ2v) is 10.8. The monoisotopic (exact) mass is 515 g/mol. The number of carbonyl (C=O) groups excluding carboxylic acids is 2. The average Bonchev–Trinajstić information content (AvgIpc) is 3.33. The Hall–Kier alpha value is -2.31. The first kappa shape index (κ1) is 25.3. The van der Waals surface area contributed by atoms with Gasteiger partial charge in [-0.1, -0.05) is 11.6 Å². The summed E-state index contributed by atoms with van der Waals surface area (Å²) in [5.74, 6) is -1.83. The van der Waals surface area contributed by atoms with Crippen molar-refractivity contribution < 1.29 is 27.5 Å². The number of sulfonamides is 1. The molecule has 3 rings (SSSR count). The minimum absolute atomic E-state index is 0.0389. The lowest BCUT2D eigenvalue weighted by Crippen LogP contribution is -2.41. The second kappa shape index (κ2) is 10.3. The summed E-state index contributed by atoms with van der Waals surface area (Å²) in [6.07, 6.45) is 0.162. The Bertz CT molecular complexity index is 1200.